The van der Waals surface area contributed by atoms with Crippen LogP contribution in [0.3, 0.4) is 0 Å². The highest BCUT2D eigenvalue weighted by Crippen LogP contribution is 2.14. The summed E-state index contributed by atoms with van der Waals surface area (Å²) >= 11 is 0. The maximum Gasteiger partial charge on any atom is 0.500 e. The molecule has 0 amide bonds. The summed E-state index contributed by atoms with van der Waals surface area (Å²) < 4.78 is 21.5. The Morgan fingerprint density at radius 3 is 1.88 bits per heavy atom. The monoisotopic (exact) mass is 250 g/mol. The second kappa shape index (κ2) is 10.2. The van der Waals surface area contributed by atoms with Gasteiger partial charge >= 0.3 is 8.80 Å². The Hall–Kier alpha value is 0.0569. The van der Waals surface area contributed by atoms with Crippen LogP contribution >= 0.6 is 0 Å². The molecule has 0 aromatic heterocycles. The fraction of sp³-hybridized carbons (Fsp3) is 1.00. The molecule has 0 saturated carbocycles. The van der Waals surface area contributed by atoms with E-state index in [-0.39, 0.29) is 0 Å². The van der Waals surface area contributed by atoms with Crippen LogP contribution in [-0.2, 0) is 18.0 Å². The van der Waals surface area contributed by atoms with Gasteiger partial charge in [0.15, 0.2) is 0 Å². The molecule has 0 heterocycles. The molecule has 5 heteroatoms. The van der Waals surface area contributed by atoms with Crippen molar-refractivity contribution >= 4 is 8.80 Å². The second-order valence-corrected chi connectivity index (χ2v) is 6.81. The van der Waals surface area contributed by atoms with Crippen molar-refractivity contribution in [1.82, 2.24) is 0 Å². The van der Waals surface area contributed by atoms with E-state index >= 15 is 0 Å². The van der Waals surface area contributed by atoms with E-state index in [1.54, 1.807) is 21.3 Å². The Kier molecular flexibility index (Phi) is 10.3. The molecule has 0 unspecified atom stereocenters. The number of hydrogen-bond acceptors (Lipinski definition) is 4. The van der Waals surface area contributed by atoms with Crippen LogP contribution in [0.1, 0.15) is 32.6 Å². The molecule has 98 valence electrons. The largest absolute Gasteiger partial charge is 0.500 e. The molecular formula is C11H26O4Si. The predicted octanol–water partition coefficient (Wildman–Crippen LogP) is 2.46. The first-order valence-corrected chi connectivity index (χ1v) is 7.91. The zero-order valence-corrected chi connectivity index (χ0v) is 12.1. The van der Waals surface area contributed by atoms with Gasteiger partial charge in [-0.05, 0) is 12.8 Å². The molecule has 0 radical (unpaired) electrons. The van der Waals surface area contributed by atoms with Crippen molar-refractivity contribution in [1.29, 1.82) is 0 Å². The first-order valence-electron chi connectivity index (χ1n) is 5.98. The highest BCUT2D eigenvalue weighted by molar-refractivity contribution is 6.60. The van der Waals surface area contributed by atoms with Crippen molar-refractivity contribution in [2.45, 2.75) is 38.7 Å². The summed E-state index contributed by atoms with van der Waals surface area (Å²) in [5.74, 6) is 0. The van der Waals surface area contributed by atoms with E-state index < -0.39 is 8.80 Å². The zero-order valence-electron chi connectivity index (χ0n) is 11.1. The Morgan fingerprint density at radius 1 is 0.812 bits per heavy atom. The number of rotatable bonds is 11. The molecule has 0 N–H and O–H groups in total. The topological polar surface area (TPSA) is 36.9 Å². The van der Waals surface area contributed by atoms with E-state index in [2.05, 4.69) is 6.92 Å². The minimum absolute atomic E-state index is 0.758. The van der Waals surface area contributed by atoms with Crippen molar-refractivity contribution in [2.75, 3.05) is 34.5 Å². The fourth-order valence-corrected chi connectivity index (χ4v) is 3.19. The van der Waals surface area contributed by atoms with Crippen LogP contribution in [0.5, 0.6) is 0 Å². The number of unbranched alkanes of at least 4 members (excludes halogenated alkanes) is 2. The van der Waals surface area contributed by atoms with E-state index in [0.717, 1.165) is 32.1 Å². The molecule has 0 aromatic rings. The summed E-state index contributed by atoms with van der Waals surface area (Å²) in [5, 5.41) is 0. The lowest BCUT2D eigenvalue weighted by molar-refractivity contribution is 0.106. The van der Waals surface area contributed by atoms with E-state index in [4.69, 9.17) is 18.0 Å². The summed E-state index contributed by atoms with van der Waals surface area (Å²) in [6.07, 6.45) is 4.55. The second-order valence-electron chi connectivity index (χ2n) is 3.72. The molecule has 0 aliphatic heterocycles. The Balaban J connectivity index is 3.48. The van der Waals surface area contributed by atoms with Gasteiger partial charge in [-0.2, -0.15) is 0 Å². The van der Waals surface area contributed by atoms with Crippen LogP contribution in [0.4, 0.5) is 0 Å². The normalized spacial score (nSPS) is 12.0. The number of ether oxygens (including phenoxy) is 1. The molecule has 0 atom stereocenters. The zero-order chi connectivity index (χ0) is 12.3. The lowest BCUT2D eigenvalue weighted by atomic mass is 10.3. The van der Waals surface area contributed by atoms with Crippen molar-refractivity contribution < 1.29 is 18.0 Å². The van der Waals surface area contributed by atoms with Crippen LogP contribution in [0.25, 0.3) is 0 Å². The maximum absolute atomic E-state index is 5.52. The maximum atomic E-state index is 5.52. The van der Waals surface area contributed by atoms with Gasteiger partial charge in [0.1, 0.15) is 0 Å². The van der Waals surface area contributed by atoms with E-state index in [0.29, 0.717) is 0 Å². The van der Waals surface area contributed by atoms with Gasteiger partial charge in [-0.25, -0.2) is 0 Å². The summed E-state index contributed by atoms with van der Waals surface area (Å²) in [5.41, 5.74) is 0. The molecule has 0 bridgehead atoms. The average molecular weight is 250 g/mol. The van der Waals surface area contributed by atoms with Crippen LogP contribution in [0, 0.1) is 0 Å². The fourth-order valence-electron chi connectivity index (χ4n) is 1.50. The molecule has 0 spiro atoms. The van der Waals surface area contributed by atoms with Crippen LogP contribution in [-0.4, -0.2) is 43.3 Å². The van der Waals surface area contributed by atoms with Gasteiger partial charge in [-0.3, -0.25) is 0 Å². The molecule has 0 aliphatic rings. The molecule has 0 fully saturated rings. The Labute approximate surface area is 101 Å². The first kappa shape index (κ1) is 16.1. The molecule has 0 aromatic carbocycles. The molecule has 4 nitrogen and oxygen atoms in total. The third-order valence-corrected chi connectivity index (χ3v) is 5.43. The van der Waals surface area contributed by atoms with Crippen LogP contribution < -0.4 is 0 Å². The van der Waals surface area contributed by atoms with Gasteiger partial charge in [0.2, 0.25) is 0 Å². The van der Waals surface area contributed by atoms with Gasteiger partial charge < -0.3 is 18.0 Å². The Bertz CT molecular complexity index is 143. The van der Waals surface area contributed by atoms with Crippen molar-refractivity contribution in [3.05, 3.63) is 0 Å². The van der Waals surface area contributed by atoms with Crippen LogP contribution in [0.2, 0.25) is 6.04 Å². The molecule has 0 aliphatic carbocycles. The minimum Gasteiger partial charge on any atom is -0.381 e. The van der Waals surface area contributed by atoms with Gasteiger partial charge in [0, 0.05) is 40.6 Å². The SMILES string of the molecule is CCCCCOCCC[Si](OC)(OC)OC. The summed E-state index contributed by atoms with van der Waals surface area (Å²) in [6.45, 7) is 3.81. The molecule has 0 rings (SSSR count). The van der Waals surface area contributed by atoms with Gasteiger partial charge in [-0.15, -0.1) is 0 Å². The molecule has 16 heavy (non-hydrogen) atoms. The Morgan fingerprint density at radius 2 is 1.38 bits per heavy atom. The van der Waals surface area contributed by atoms with Crippen molar-refractivity contribution in [3.63, 3.8) is 0 Å². The lowest BCUT2D eigenvalue weighted by Gasteiger charge is -2.24. The minimum atomic E-state index is -2.37. The quantitative estimate of drug-likeness (QED) is 0.417. The van der Waals surface area contributed by atoms with E-state index in [9.17, 15) is 0 Å². The molecular weight excluding hydrogens is 224 g/mol. The third-order valence-electron chi connectivity index (χ3n) is 2.60. The highest BCUT2D eigenvalue weighted by atomic mass is 28.4. The van der Waals surface area contributed by atoms with Crippen molar-refractivity contribution in [2.24, 2.45) is 0 Å². The number of hydrogen-bond donors (Lipinski definition) is 0. The first-order chi connectivity index (χ1) is 7.74. The van der Waals surface area contributed by atoms with Gasteiger partial charge in [0.25, 0.3) is 0 Å². The van der Waals surface area contributed by atoms with E-state index in [1.807, 2.05) is 0 Å². The van der Waals surface area contributed by atoms with Crippen LogP contribution in [0.15, 0.2) is 0 Å². The van der Waals surface area contributed by atoms with E-state index in [1.165, 1.54) is 12.8 Å². The van der Waals surface area contributed by atoms with Gasteiger partial charge in [0.05, 0.1) is 0 Å². The van der Waals surface area contributed by atoms with Crippen molar-refractivity contribution in [3.8, 4) is 0 Å². The standard InChI is InChI=1S/C11H26O4Si/c1-5-6-7-9-15-10-8-11-16(12-2,13-3)14-4/h5-11H2,1-4H3. The summed E-state index contributed by atoms with van der Waals surface area (Å²) in [4.78, 5) is 0. The highest BCUT2D eigenvalue weighted by Gasteiger charge is 2.36. The predicted molar refractivity (Wildman–Crippen MR) is 66.5 cm³/mol. The average Bonchev–Trinajstić information content (AvgIpc) is 2.34. The van der Waals surface area contributed by atoms with Gasteiger partial charge in [-0.1, -0.05) is 19.8 Å². The smallest absolute Gasteiger partial charge is 0.381 e. The summed E-state index contributed by atoms with van der Waals surface area (Å²) in [6, 6.07) is 0.810. The summed E-state index contributed by atoms with van der Waals surface area (Å²) in [7, 11) is 2.55. The molecule has 0 saturated heterocycles. The lowest BCUT2D eigenvalue weighted by Crippen LogP contribution is -2.42. The third kappa shape index (κ3) is 6.60.